The molecular weight excluding hydrogens is 679 g/mol. The Morgan fingerprint density at radius 3 is 1.75 bits per heavy atom. The number of amides is 1. The van der Waals surface area contributed by atoms with E-state index < -0.39 is 0 Å². The first-order chi connectivity index (χ1) is 23.7. The Morgan fingerprint density at radius 1 is 0.667 bits per heavy atom. The molecule has 2 atom stereocenters. The van der Waals surface area contributed by atoms with E-state index in [4.69, 9.17) is 9.47 Å². The summed E-state index contributed by atoms with van der Waals surface area (Å²) in [5, 5.41) is 4.68. The van der Waals surface area contributed by atoms with Gasteiger partial charge >= 0.3 is 0 Å². The smallest absolute Gasteiger partial charge is 0.219 e. The molecule has 2 aromatic rings. The Hall–Kier alpha value is -1.56. The first-order valence-electron chi connectivity index (χ1n) is 18.2. The number of unbranched alkanes of at least 4 members (excludes halogenated alkanes) is 7. The molecule has 2 aliphatic rings. The molecule has 0 saturated carbocycles. The zero-order valence-corrected chi connectivity index (χ0v) is 31.8. The van der Waals surface area contributed by atoms with E-state index in [2.05, 4.69) is 15.3 Å². The van der Waals surface area contributed by atoms with Gasteiger partial charge in [-0.05, 0) is 82.8 Å². The van der Waals surface area contributed by atoms with Crippen LogP contribution in [-0.2, 0) is 9.59 Å². The summed E-state index contributed by atoms with van der Waals surface area (Å²) in [5.74, 6) is 4.74. The van der Waals surface area contributed by atoms with Crippen LogP contribution in [0.3, 0.4) is 0 Å². The molecule has 0 radical (unpaired) electrons. The molecule has 2 fully saturated rings. The van der Waals surface area contributed by atoms with Crippen molar-refractivity contribution in [2.45, 2.75) is 126 Å². The van der Waals surface area contributed by atoms with Crippen LogP contribution in [0, 0.1) is 0 Å². The lowest BCUT2D eigenvalue weighted by Crippen LogP contribution is -2.24. The van der Waals surface area contributed by atoms with E-state index in [-0.39, 0.29) is 5.91 Å². The Morgan fingerprint density at radius 2 is 1.19 bits per heavy atom. The van der Waals surface area contributed by atoms with Gasteiger partial charge in [-0.15, -0.1) is 0 Å². The topological polar surface area (TPSA) is 90.4 Å². The van der Waals surface area contributed by atoms with Crippen LogP contribution in [0.25, 0.3) is 11.4 Å². The number of carbonyl (C=O) groups excluding carboxylic acids is 2. The highest BCUT2D eigenvalue weighted by molar-refractivity contribution is 8.77. The fourth-order valence-electron chi connectivity index (χ4n) is 5.77. The van der Waals surface area contributed by atoms with E-state index in [9.17, 15) is 9.59 Å². The van der Waals surface area contributed by atoms with Crippen LogP contribution >= 0.6 is 43.2 Å². The molecule has 7 nitrogen and oxygen atoms in total. The lowest BCUT2D eigenvalue weighted by Gasteiger charge is -2.10. The monoisotopic (exact) mass is 733 g/mol. The third kappa shape index (κ3) is 16.9. The highest BCUT2D eigenvalue weighted by Crippen LogP contribution is 2.40. The second-order valence-corrected chi connectivity index (χ2v) is 18.3. The predicted octanol–water partition coefficient (Wildman–Crippen LogP) is 10.1. The minimum absolute atomic E-state index is 0.181. The molecule has 0 bridgehead atoms. The zero-order chi connectivity index (χ0) is 33.5. The summed E-state index contributed by atoms with van der Waals surface area (Å²) in [6.07, 6.45) is 22.2. The van der Waals surface area contributed by atoms with Gasteiger partial charge in [0.25, 0.3) is 0 Å². The molecule has 4 heterocycles. The van der Waals surface area contributed by atoms with E-state index >= 15 is 0 Å². The lowest BCUT2D eigenvalue weighted by atomic mass is 10.0. The second kappa shape index (κ2) is 24.6. The minimum Gasteiger partial charge on any atom is -0.493 e. The summed E-state index contributed by atoms with van der Waals surface area (Å²) in [6, 6.07) is 7.60. The average Bonchev–Trinajstić information content (AvgIpc) is 3.83. The fraction of sp³-hybridized carbons (Fsp3) is 0.676. The maximum absolute atomic E-state index is 12.2. The highest BCUT2D eigenvalue weighted by atomic mass is 33.1. The van der Waals surface area contributed by atoms with Crippen molar-refractivity contribution in [1.29, 1.82) is 0 Å². The summed E-state index contributed by atoms with van der Waals surface area (Å²) < 4.78 is 12.0. The van der Waals surface area contributed by atoms with Crippen molar-refractivity contribution in [3.63, 3.8) is 0 Å². The average molecular weight is 734 g/mol. The van der Waals surface area contributed by atoms with Crippen LogP contribution in [0.15, 0.2) is 36.7 Å². The van der Waals surface area contributed by atoms with Gasteiger partial charge < -0.3 is 14.8 Å². The van der Waals surface area contributed by atoms with E-state index in [1.807, 2.05) is 67.4 Å². The molecule has 266 valence electrons. The number of hydrogen-bond donors (Lipinski definition) is 1. The van der Waals surface area contributed by atoms with Crippen LogP contribution in [0.4, 0.5) is 0 Å². The van der Waals surface area contributed by atoms with Crippen LogP contribution in [0.1, 0.15) is 116 Å². The standard InChI is InChI=1S/C37H55N3O4S4/c41-30(13-5-6-14-33-19-26-45-47-33)12-4-1-2-10-24-43-31-17-22-38-35(28-31)36-29-32(18-23-39-36)44-25-11-3-9-21-40-37(42)16-8-7-15-34-20-27-46-48-34/h17-18,22-23,28-29,33-34H,1-16,19-21,24-27H2,(H,40,42). The summed E-state index contributed by atoms with van der Waals surface area (Å²) in [5.41, 5.74) is 1.51. The third-order valence-corrected chi connectivity index (χ3v) is 14.6. The summed E-state index contributed by atoms with van der Waals surface area (Å²) in [6.45, 7) is 2.00. The Kier molecular flexibility index (Phi) is 20.1. The molecule has 0 spiro atoms. The van der Waals surface area contributed by atoms with Crippen LogP contribution in [0.5, 0.6) is 11.5 Å². The molecule has 2 unspecified atom stereocenters. The predicted molar refractivity (Wildman–Crippen MR) is 207 cm³/mol. The lowest BCUT2D eigenvalue weighted by molar-refractivity contribution is -0.121. The molecule has 48 heavy (non-hydrogen) atoms. The number of pyridine rings is 2. The molecule has 2 aromatic heterocycles. The summed E-state index contributed by atoms with van der Waals surface area (Å²) in [4.78, 5) is 33.3. The van der Waals surface area contributed by atoms with E-state index in [0.29, 0.717) is 25.4 Å². The number of rotatable bonds is 26. The van der Waals surface area contributed by atoms with E-state index in [0.717, 1.165) is 117 Å². The van der Waals surface area contributed by atoms with Crippen molar-refractivity contribution in [3.05, 3.63) is 36.7 Å². The number of Topliss-reactive ketones (excluding diaryl/α,β-unsaturated/α-hetero) is 1. The van der Waals surface area contributed by atoms with E-state index in [1.54, 1.807) is 12.4 Å². The van der Waals surface area contributed by atoms with Gasteiger partial charge in [0.1, 0.15) is 17.3 Å². The van der Waals surface area contributed by atoms with Crippen molar-refractivity contribution >= 4 is 54.9 Å². The molecule has 0 aromatic carbocycles. The SMILES string of the molecule is O=C(CCCCCCOc1ccnc(-c2cc(OCCCCCNC(=O)CCCCC3CCSS3)ccn2)c1)CCCCC1CCSS1. The van der Waals surface area contributed by atoms with Gasteiger partial charge in [0.05, 0.1) is 24.6 Å². The minimum atomic E-state index is 0.181. The maximum Gasteiger partial charge on any atom is 0.219 e. The largest absolute Gasteiger partial charge is 0.493 e. The van der Waals surface area contributed by atoms with Crippen molar-refractivity contribution in [2.75, 3.05) is 31.3 Å². The molecule has 1 amide bonds. The summed E-state index contributed by atoms with van der Waals surface area (Å²) >= 11 is 0. The first-order valence-corrected chi connectivity index (χ1v) is 22.9. The number of hydrogen-bond acceptors (Lipinski definition) is 10. The quantitative estimate of drug-likeness (QED) is 0.0744. The number of nitrogens with one attached hydrogen (secondary N) is 1. The molecule has 2 saturated heterocycles. The van der Waals surface area contributed by atoms with Gasteiger partial charge in [-0.2, -0.15) is 0 Å². The second-order valence-electron chi connectivity index (χ2n) is 12.7. The highest BCUT2D eigenvalue weighted by Gasteiger charge is 2.17. The molecule has 11 heteroatoms. The van der Waals surface area contributed by atoms with Gasteiger partial charge in [0.2, 0.25) is 5.91 Å². The Labute approximate surface area is 304 Å². The van der Waals surface area contributed by atoms with Crippen LogP contribution < -0.4 is 14.8 Å². The molecule has 2 aliphatic heterocycles. The van der Waals surface area contributed by atoms with Gasteiger partial charge in [0, 0.05) is 72.3 Å². The third-order valence-electron chi connectivity index (χ3n) is 8.62. The molecule has 0 aliphatic carbocycles. The normalized spacial score (nSPS) is 17.4. The van der Waals surface area contributed by atoms with Gasteiger partial charge in [-0.1, -0.05) is 68.9 Å². The van der Waals surface area contributed by atoms with Gasteiger partial charge in [-0.25, -0.2) is 0 Å². The summed E-state index contributed by atoms with van der Waals surface area (Å²) in [7, 11) is 8.03. The van der Waals surface area contributed by atoms with Crippen LogP contribution in [0.2, 0.25) is 0 Å². The van der Waals surface area contributed by atoms with Crippen LogP contribution in [-0.4, -0.2) is 63.4 Å². The van der Waals surface area contributed by atoms with Crippen molar-refractivity contribution in [3.8, 4) is 22.9 Å². The van der Waals surface area contributed by atoms with Crippen molar-refractivity contribution in [1.82, 2.24) is 15.3 Å². The number of carbonyl (C=O) groups is 2. The number of nitrogens with zero attached hydrogens (tertiary/aromatic N) is 2. The van der Waals surface area contributed by atoms with Crippen molar-refractivity contribution < 1.29 is 19.1 Å². The van der Waals surface area contributed by atoms with Gasteiger partial charge in [0.15, 0.2) is 0 Å². The number of aromatic nitrogens is 2. The Bertz CT molecular complexity index is 1100. The number of ketones is 1. The Balaban J connectivity index is 0.995. The van der Waals surface area contributed by atoms with E-state index in [1.165, 1.54) is 43.6 Å². The molecule has 1 N–H and O–H groups in total. The van der Waals surface area contributed by atoms with Gasteiger partial charge in [-0.3, -0.25) is 19.6 Å². The maximum atomic E-state index is 12.2. The molecule has 4 rings (SSSR count). The van der Waals surface area contributed by atoms with Crippen molar-refractivity contribution in [2.24, 2.45) is 0 Å². The zero-order valence-electron chi connectivity index (χ0n) is 28.5. The first kappa shape index (κ1) is 39.2. The fourth-order valence-corrected chi connectivity index (χ4v) is 11.8. The molecular formula is C37H55N3O4S4. The number of ether oxygens (including phenoxy) is 2.